The Morgan fingerprint density at radius 2 is 1.71 bits per heavy atom. The molecule has 8 atom stereocenters. The number of cyclic esters (lactones) is 1. The van der Waals surface area contributed by atoms with Crippen LogP contribution < -0.4 is 10.6 Å². The van der Waals surface area contributed by atoms with E-state index in [9.17, 15) is 24.6 Å². The van der Waals surface area contributed by atoms with Gasteiger partial charge in [-0.1, -0.05) is 38.1 Å². The quantitative estimate of drug-likeness (QED) is 0.156. The Hall–Kier alpha value is -3.17. The number of anilines is 1. The molecule has 0 radical (unpaired) electrons. The van der Waals surface area contributed by atoms with E-state index in [0.717, 1.165) is 64.3 Å². The van der Waals surface area contributed by atoms with Gasteiger partial charge in [-0.3, -0.25) is 24.3 Å². The summed E-state index contributed by atoms with van der Waals surface area (Å²) >= 11 is 0. The largest absolute Gasteiger partial charge is 0.454 e. The molecule has 6 saturated heterocycles. The van der Waals surface area contributed by atoms with Crippen molar-refractivity contribution in [2.75, 3.05) is 77.7 Å². The van der Waals surface area contributed by atoms with Crippen LogP contribution in [0.3, 0.4) is 0 Å². The van der Waals surface area contributed by atoms with Crippen LogP contribution in [0.2, 0.25) is 0 Å². The summed E-state index contributed by atoms with van der Waals surface area (Å²) in [5.41, 5.74) is 0.788. The van der Waals surface area contributed by atoms with Gasteiger partial charge in [0.15, 0.2) is 0 Å². The van der Waals surface area contributed by atoms with Crippen LogP contribution in [-0.2, 0) is 35.0 Å². The Labute approximate surface area is 323 Å². The highest BCUT2D eigenvalue weighted by atomic mass is 16.6. The maximum atomic E-state index is 13.2. The summed E-state index contributed by atoms with van der Waals surface area (Å²) in [6.07, 6.45) is 7.46. The van der Waals surface area contributed by atoms with Crippen molar-refractivity contribution in [1.29, 1.82) is 0 Å². The number of carbonyl (C=O) groups is 3. The van der Waals surface area contributed by atoms with E-state index in [2.05, 4.69) is 38.3 Å². The number of rotatable bonds is 10. The number of esters is 1. The predicted molar refractivity (Wildman–Crippen MR) is 202 cm³/mol. The summed E-state index contributed by atoms with van der Waals surface area (Å²) in [7, 11) is 0. The molecule has 7 heterocycles. The number of nitrogens with zero attached hydrogens (tertiary/aromatic N) is 3. The summed E-state index contributed by atoms with van der Waals surface area (Å²) in [6, 6.07) is 7.69. The molecule has 7 aliphatic heterocycles. The number of nitrogens with one attached hydrogen (secondary N) is 2. The van der Waals surface area contributed by atoms with Crippen molar-refractivity contribution < 1.29 is 38.8 Å². The molecule has 4 N–H and O–H groups in total. The van der Waals surface area contributed by atoms with Crippen molar-refractivity contribution in [3.8, 4) is 0 Å². The number of benzene rings is 1. The molecule has 13 nitrogen and oxygen atoms in total. The van der Waals surface area contributed by atoms with Gasteiger partial charge in [0.25, 0.3) is 0 Å². The van der Waals surface area contributed by atoms with E-state index < -0.39 is 23.2 Å². The number of aliphatic hydroxyl groups excluding tert-OH is 2. The lowest BCUT2D eigenvalue weighted by Gasteiger charge is -2.63. The van der Waals surface area contributed by atoms with Crippen molar-refractivity contribution in [1.82, 2.24) is 20.0 Å². The molecular weight excluding hydrogens is 702 g/mol. The third-order valence-electron chi connectivity index (χ3n) is 14.9. The van der Waals surface area contributed by atoms with Crippen LogP contribution in [0.1, 0.15) is 45.1 Å². The summed E-state index contributed by atoms with van der Waals surface area (Å²) in [4.78, 5) is 46.2. The van der Waals surface area contributed by atoms with Crippen LogP contribution in [0, 0.1) is 34.5 Å². The van der Waals surface area contributed by atoms with Crippen LogP contribution >= 0.6 is 0 Å². The molecule has 1 aromatic rings. The van der Waals surface area contributed by atoms with Gasteiger partial charge in [0, 0.05) is 86.6 Å². The lowest BCUT2D eigenvalue weighted by molar-refractivity contribution is -0.186. The summed E-state index contributed by atoms with van der Waals surface area (Å²) in [5, 5.41) is 28.0. The van der Waals surface area contributed by atoms with Gasteiger partial charge in [-0.25, -0.2) is 4.79 Å². The maximum Gasteiger partial charge on any atom is 0.338 e. The highest BCUT2D eigenvalue weighted by molar-refractivity contribution is 6.03. The first-order valence-corrected chi connectivity index (χ1v) is 20.5. The molecule has 10 rings (SSSR count). The Morgan fingerprint density at radius 1 is 1.02 bits per heavy atom. The molecule has 13 heteroatoms. The fraction of sp³-hybridized carbons (Fsp3) is 0.690. The molecular formula is C42H57N5O8. The molecule has 2 saturated carbocycles. The highest BCUT2D eigenvalue weighted by Crippen LogP contribution is 2.66. The van der Waals surface area contributed by atoms with E-state index in [1.807, 2.05) is 43.3 Å². The minimum Gasteiger partial charge on any atom is -0.454 e. The number of morpholine rings is 1. The summed E-state index contributed by atoms with van der Waals surface area (Å²) < 4.78 is 18.0. The zero-order valence-electron chi connectivity index (χ0n) is 32.2. The maximum absolute atomic E-state index is 13.2. The summed E-state index contributed by atoms with van der Waals surface area (Å²) in [6.45, 7) is 12.9. The molecule has 1 spiro atoms. The fourth-order valence-corrected chi connectivity index (χ4v) is 12.1. The van der Waals surface area contributed by atoms with Gasteiger partial charge in [0.05, 0.1) is 44.8 Å². The molecule has 1 aromatic carbocycles. The van der Waals surface area contributed by atoms with E-state index in [1.54, 1.807) is 0 Å². The van der Waals surface area contributed by atoms with Gasteiger partial charge in [-0.05, 0) is 54.4 Å². The topological polar surface area (TPSA) is 156 Å². The third-order valence-corrected chi connectivity index (χ3v) is 14.9. The average molecular weight is 760 g/mol. The number of hydrogen-bond donors (Lipinski definition) is 4. The lowest BCUT2D eigenvalue weighted by Crippen LogP contribution is -2.71. The predicted octanol–water partition coefficient (Wildman–Crippen LogP) is 1.55. The number of epoxide rings is 1. The Bertz CT molecular complexity index is 1700. The minimum atomic E-state index is -0.644. The zero-order chi connectivity index (χ0) is 38.1. The first-order chi connectivity index (χ1) is 26.5. The van der Waals surface area contributed by atoms with Crippen LogP contribution in [0.15, 0.2) is 48.1 Å². The van der Waals surface area contributed by atoms with E-state index in [-0.39, 0.29) is 60.1 Å². The number of aliphatic hydroxyl groups is 2. The van der Waals surface area contributed by atoms with Gasteiger partial charge in [0.1, 0.15) is 18.1 Å². The normalized spacial score (nSPS) is 43.3. The number of ether oxygens (including phenoxy) is 3. The first-order valence-electron chi connectivity index (χ1n) is 20.5. The van der Waals surface area contributed by atoms with E-state index in [1.165, 1.54) is 0 Å². The van der Waals surface area contributed by atoms with Crippen LogP contribution in [-0.4, -0.2) is 145 Å². The minimum absolute atomic E-state index is 0.0274. The van der Waals surface area contributed by atoms with Crippen molar-refractivity contribution in [2.24, 2.45) is 34.5 Å². The highest BCUT2D eigenvalue weighted by Gasteiger charge is 2.71. The van der Waals surface area contributed by atoms with Gasteiger partial charge < -0.3 is 35.1 Å². The second-order valence-corrected chi connectivity index (χ2v) is 18.3. The summed E-state index contributed by atoms with van der Waals surface area (Å²) in [5.74, 6) is -0.0686. The van der Waals surface area contributed by atoms with E-state index in [4.69, 9.17) is 14.2 Å². The van der Waals surface area contributed by atoms with Crippen LogP contribution in [0.4, 0.5) is 5.69 Å². The average Bonchev–Trinajstić information content (AvgIpc) is 3.86. The molecule has 0 aromatic heterocycles. The molecule has 9 aliphatic rings. The first kappa shape index (κ1) is 37.4. The smallest absolute Gasteiger partial charge is 0.338 e. The molecule has 4 bridgehead atoms. The molecule has 55 heavy (non-hydrogen) atoms. The Balaban J connectivity index is 0.837. The van der Waals surface area contributed by atoms with Crippen molar-refractivity contribution >= 4 is 23.5 Å². The second-order valence-electron chi connectivity index (χ2n) is 18.3. The van der Waals surface area contributed by atoms with Crippen molar-refractivity contribution in [3.63, 3.8) is 0 Å². The lowest BCUT2D eigenvalue weighted by atomic mass is 9.44. The van der Waals surface area contributed by atoms with Gasteiger partial charge in [-0.15, -0.1) is 0 Å². The number of fused-ring (bicyclic) bond motifs is 1. The molecule has 5 unspecified atom stereocenters. The van der Waals surface area contributed by atoms with E-state index in [0.29, 0.717) is 55.8 Å². The second kappa shape index (κ2) is 14.3. The molecule has 298 valence electrons. The van der Waals surface area contributed by atoms with Crippen molar-refractivity contribution in [3.05, 3.63) is 53.6 Å². The monoisotopic (exact) mass is 759 g/mol. The Morgan fingerprint density at radius 3 is 2.36 bits per heavy atom. The fourth-order valence-electron chi connectivity index (χ4n) is 12.1. The molecule has 8 fully saturated rings. The van der Waals surface area contributed by atoms with Gasteiger partial charge in [-0.2, -0.15) is 0 Å². The van der Waals surface area contributed by atoms with Gasteiger partial charge >= 0.3 is 5.97 Å². The standard InChI is InChI=1S/C42H57N5O8/c1-40-10-9-35(49)41(2,23-48)33(40)17-34(47-11-13-53-14-12-47)42(24-54-42)32(40)8-5-27-16-31(55-39(27)52)15-26-3-6-30(7-4-26)43-36(50)18-37(51)44-38-28-19-45-21-29(38)22-46(20-28)25-45/h3-8,16,28-29,31-35,38,48-49H,9-15,17-25H2,1-2H3,(H,43,50)(H,44,51)/b8-5+/t28?,29?,31?,32?,33?,34?,35-,38?,40-,41+,42?/m1/s1. The number of carbonyl (C=O) groups excluding carboxylic acids is 3. The number of piperidine rings is 2. The Kier molecular flexibility index (Phi) is 9.75. The molecule has 2 amide bonds. The number of amides is 2. The van der Waals surface area contributed by atoms with Crippen LogP contribution in [0.25, 0.3) is 0 Å². The van der Waals surface area contributed by atoms with Gasteiger partial charge in [0.2, 0.25) is 11.8 Å². The zero-order valence-corrected chi connectivity index (χ0v) is 32.2. The van der Waals surface area contributed by atoms with Crippen molar-refractivity contribution in [2.45, 2.75) is 75.8 Å². The third kappa shape index (κ3) is 6.77. The van der Waals surface area contributed by atoms with E-state index >= 15 is 0 Å². The number of hydrogen-bond acceptors (Lipinski definition) is 11. The molecule has 2 aliphatic carbocycles. The SMILES string of the molecule is C[C@]12CC[C@@H](O)[C@@](C)(CO)C1CC(N1CCOCC1)C1(CO1)C2/C=C/C1=CC(Cc2ccc(NC(=O)CC(=O)NC3C4CN5CC3CN(C4)C5)cc2)OC1=O. The van der Waals surface area contributed by atoms with Crippen LogP contribution in [0.5, 0.6) is 0 Å².